The zero-order chi connectivity index (χ0) is 18.1. The van der Waals surface area contributed by atoms with E-state index in [4.69, 9.17) is 33.0 Å². The topological polar surface area (TPSA) is 75.2 Å². The molecule has 0 fully saturated rings. The smallest absolute Gasteiger partial charge is 0.307 e. The maximum Gasteiger partial charge on any atom is 0.307 e. The Hall–Kier alpha value is -2.24. The van der Waals surface area contributed by atoms with Crippen LogP contribution >= 0.6 is 23.2 Å². The Bertz CT molecular complexity index is 928. The lowest BCUT2D eigenvalue weighted by Gasteiger charge is -2.11. The number of carbonyl (C=O) groups is 1. The summed E-state index contributed by atoms with van der Waals surface area (Å²) in [5.74, 6) is 1.08. The molecule has 5 nitrogen and oxygen atoms in total. The number of hydrogen-bond acceptors (Lipinski definition) is 3. The minimum Gasteiger partial charge on any atom is -0.481 e. The molecule has 25 heavy (non-hydrogen) atoms. The molecule has 1 heterocycles. The number of aliphatic carboxylic acids is 1. The Kier molecular flexibility index (Phi) is 4.88. The van der Waals surface area contributed by atoms with E-state index in [1.54, 1.807) is 24.3 Å². The van der Waals surface area contributed by atoms with Crippen LogP contribution < -0.4 is 4.74 Å². The summed E-state index contributed by atoms with van der Waals surface area (Å²) in [4.78, 5) is 18.6. The Morgan fingerprint density at radius 3 is 2.52 bits per heavy atom. The summed E-state index contributed by atoms with van der Waals surface area (Å²) >= 11 is 12.4. The number of nitrogens with one attached hydrogen (secondary N) is 1. The Morgan fingerprint density at radius 1 is 1.24 bits per heavy atom. The van der Waals surface area contributed by atoms with Gasteiger partial charge in [0.05, 0.1) is 27.5 Å². The van der Waals surface area contributed by atoms with Crippen molar-refractivity contribution in [3.63, 3.8) is 0 Å². The monoisotopic (exact) mass is 378 g/mol. The zero-order valence-electron chi connectivity index (χ0n) is 13.6. The van der Waals surface area contributed by atoms with Gasteiger partial charge in [0, 0.05) is 12.0 Å². The SMILES string of the molecule is CC(C)c1nc2cc(Oc3c(Cl)cc(CC(=O)O)cc3Cl)ccc2[nH]1. The quantitative estimate of drug-likeness (QED) is 0.621. The van der Waals surface area contributed by atoms with E-state index in [-0.39, 0.29) is 22.2 Å². The first kappa shape index (κ1) is 17.6. The van der Waals surface area contributed by atoms with Gasteiger partial charge < -0.3 is 14.8 Å². The third kappa shape index (κ3) is 3.89. The van der Waals surface area contributed by atoms with Gasteiger partial charge in [0.25, 0.3) is 0 Å². The first-order valence-electron chi connectivity index (χ1n) is 7.70. The van der Waals surface area contributed by atoms with Crippen molar-refractivity contribution in [3.05, 3.63) is 51.8 Å². The molecule has 130 valence electrons. The number of halogens is 2. The number of imidazole rings is 1. The highest BCUT2D eigenvalue weighted by molar-refractivity contribution is 6.37. The summed E-state index contributed by atoms with van der Waals surface area (Å²) in [6.45, 7) is 4.13. The highest BCUT2D eigenvalue weighted by Crippen LogP contribution is 2.38. The van der Waals surface area contributed by atoms with E-state index < -0.39 is 5.97 Å². The van der Waals surface area contributed by atoms with Gasteiger partial charge in [0.15, 0.2) is 5.75 Å². The van der Waals surface area contributed by atoms with Crippen LogP contribution in [0.5, 0.6) is 11.5 Å². The highest BCUT2D eigenvalue weighted by atomic mass is 35.5. The molecule has 0 unspecified atom stereocenters. The van der Waals surface area contributed by atoms with Crippen LogP contribution in [0.3, 0.4) is 0 Å². The first-order valence-corrected chi connectivity index (χ1v) is 8.46. The average molecular weight is 379 g/mol. The Labute approximate surface area is 154 Å². The number of hydrogen-bond donors (Lipinski definition) is 2. The molecule has 0 aliphatic rings. The molecule has 2 aromatic carbocycles. The van der Waals surface area contributed by atoms with Gasteiger partial charge in [0.2, 0.25) is 0 Å². The van der Waals surface area contributed by atoms with Crippen molar-refractivity contribution in [2.45, 2.75) is 26.2 Å². The van der Waals surface area contributed by atoms with E-state index in [0.717, 1.165) is 16.9 Å². The second-order valence-corrected chi connectivity index (χ2v) is 6.83. The first-order chi connectivity index (χ1) is 11.8. The Balaban J connectivity index is 1.91. The van der Waals surface area contributed by atoms with E-state index >= 15 is 0 Å². The van der Waals surface area contributed by atoms with E-state index in [1.807, 2.05) is 6.07 Å². The van der Waals surface area contributed by atoms with E-state index in [1.165, 1.54) is 0 Å². The maximum atomic E-state index is 10.8. The summed E-state index contributed by atoms with van der Waals surface area (Å²) in [5, 5.41) is 9.38. The largest absolute Gasteiger partial charge is 0.481 e. The second-order valence-electron chi connectivity index (χ2n) is 6.02. The molecule has 3 aromatic rings. The van der Waals surface area contributed by atoms with Crippen LogP contribution in [0.1, 0.15) is 31.2 Å². The molecule has 0 amide bonds. The van der Waals surface area contributed by atoms with Crippen LogP contribution in [0.25, 0.3) is 11.0 Å². The van der Waals surface area contributed by atoms with Gasteiger partial charge in [0.1, 0.15) is 11.6 Å². The zero-order valence-corrected chi connectivity index (χ0v) is 15.1. The summed E-state index contributed by atoms with van der Waals surface area (Å²) in [7, 11) is 0. The standard InChI is InChI=1S/C18H16Cl2N2O3/c1-9(2)18-21-14-4-3-11(8-15(14)22-18)25-17-12(19)5-10(6-13(17)20)7-16(23)24/h3-6,8-9H,7H2,1-2H3,(H,21,22)(H,23,24). The number of carboxylic acid groups (broad SMARTS) is 1. The molecular formula is C18H16Cl2N2O3. The number of aromatic nitrogens is 2. The van der Waals surface area contributed by atoms with E-state index in [0.29, 0.717) is 17.2 Å². The minimum absolute atomic E-state index is 0.156. The number of rotatable bonds is 5. The highest BCUT2D eigenvalue weighted by Gasteiger charge is 2.14. The molecule has 0 radical (unpaired) electrons. The third-order valence-corrected chi connectivity index (χ3v) is 4.21. The molecule has 0 aliphatic carbocycles. The fraction of sp³-hybridized carbons (Fsp3) is 0.222. The fourth-order valence-corrected chi connectivity index (χ4v) is 3.06. The molecule has 3 rings (SSSR count). The van der Waals surface area contributed by atoms with Crippen LogP contribution in [-0.4, -0.2) is 21.0 Å². The summed E-state index contributed by atoms with van der Waals surface area (Å²) < 4.78 is 5.81. The van der Waals surface area contributed by atoms with Crippen molar-refractivity contribution < 1.29 is 14.6 Å². The van der Waals surface area contributed by atoms with Crippen molar-refractivity contribution in [1.82, 2.24) is 9.97 Å². The van der Waals surface area contributed by atoms with Crippen molar-refractivity contribution in [2.75, 3.05) is 0 Å². The van der Waals surface area contributed by atoms with Gasteiger partial charge >= 0.3 is 5.97 Å². The predicted octanol–water partition coefficient (Wildman–Crippen LogP) is 5.41. The lowest BCUT2D eigenvalue weighted by atomic mass is 10.1. The van der Waals surface area contributed by atoms with Crippen LogP contribution in [0, 0.1) is 0 Å². The molecule has 0 spiro atoms. The maximum absolute atomic E-state index is 10.8. The van der Waals surface area contributed by atoms with Gasteiger partial charge in [-0.1, -0.05) is 37.0 Å². The molecule has 0 saturated heterocycles. The van der Waals surface area contributed by atoms with Crippen LogP contribution in [0.15, 0.2) is 30.3 Å². The molecule has 0 atom stereocenters. The summed E-state index contributed by atoms with van der Waals surface area (Å²) in [6, 6.07) is 8.56. The van der Waals surface area contributed by atoms with E-state index in [9.17, 15) is 4.79 Å². The van der Waals surface area contributed by atoms with Crippen LogP contribution in [0.4, 0.5) is 0 Å². The second kappa shape index (κ2) is 6.94. The van der Waals surface area contributed by atoms with Crippen molar-refractivity contribution in [3.8, 4) is 11.5 Å². The van der Waals surface area contributed by atoms with Crippen LogP contribution in [-0.2, 0) is 11.2 Å². The normalized spacial score (nSPS) is 11.2. The number of aromatic amines is 1. The summed E-state index contributed by atoms with van der Waals surface area (Å²) in [6.07, 6.45) is -0.156. The van der Waals surface area contributed by atoms with Gasteiger partial charge in [-0.15, -0.1) is 0 Å². The summed E-state index contributed by atoms with van der Waals surface area (Å²) in [5.41, 5.74) is 2.22. The van der Waals surface area contributed by atoms with Gasteiger partial charge in [-0.2, -0.15) is 0 Å². The molecule has 1 aromatic heterocycles. The molecular weight excluding hydrogens is 363 g/mol. The molecule has 0 saturated carbocycles. The fourth-order valence-electron chi connectivity index (χ4n) is 2.45. The van der Waals surface area contributed by atoms with Gasteiger partial charge in [-0.3, -0.25) is 4.79 Å². The molecule has 0 bridgehead atoms. The number of ether oxygens (including phenoxy) is 1. The van der Waals surface area contributed by atoms with Crippen molar-refractivity contribution >= 4 is 40.2 Å². The Morgan fingerprint density at radius 2 is 1.92 bits per heavy atom. The van der Waals surface area contributed by atoms with Gasteiger partial charge in [-0.05, 0) is 29.8 Å². The lowest BCUT2D eigenvalue weighted by molar-refractivity contribution is -0.136. The lowest BCUT2D eigenvalue weighted by Crippen LogP contribution is -2.00. The number of benzene rings is 2. The third-order valence-electron chi connectivity index (χ3n) is 3.65. The predicted molar refractivity (Wildman–Crippen MR) is 98.1 cm³/mol. The molecule has 7 heteroatoms. The number of nitrogens with zero attached hydrogens (tertiary/aromatic N) is 1. The minimum atomic E-state index is -0.953. The van der Waals surface area contributed by atoms with Crippen molar-refractivity contribution in [1.29, 1.82) is 0 Å². The number of H-pyrrole nitrogens is 1. The van der Waals surface area contributed by atoms with Gasteiger partial charge in [-0.25, -0.2) is 4.98 Å². The molecule has 0 aliphatic heterocycles. The average Bonchev–Trinajstić information content (AvgIpc) is 2.94. The molecule has 2 N–H and O–H groups in total. The van der Waals surface area contributed by atoms with Crippen molar-refractivity contribution in [2.24, 2.45) is 0 Å². The van der Waals surface area contributed by atoms with E-state index in [2.05, 4.69) is 23.8 Å². The van der Waals surface area contributed by atoms with Crippen LogP contribution in [0.2, 0.25) is 10.0 Å². The number of carboxylic acids is 1. The number of fused-ring (bicyclic) bond motifs is 1.